The molecule has 0 aromatic heterocycles. The Bertz CT molecular complexity index is 153. The molecule has 0 atom stereocenters. The summed E-state index contributed by atoms with van der Waals surface area (Å²) in [5.41, 5.74) is 0.255. The van der Waals surface area contributed by atoms with Gasteiger partial charge in [0.15, 0.2) is 0 Å². The smallest absolute Gasteiger partial charge is 0.0525 e. The van der Waals surface area contributed by atoms with E-state index >= 15 is 0 Å². The number of hydrogen-bond donors (Lipinski definition) is 0. The van der Waals surface area contributed by atoms with Gasteiger partial charge in [-0.15, -0.1) is 0 Å². The first-order valence-electron chi connectivity index (χ1n) is 5.35. The van der Waals surface area contributed by atoms with Gasteiger partial charge in [0, 0.05) is 25.2 Å². The van der Waals surface area contributed by atoms with Crippen molar-refractivity contribution in [3.8, 4) is 0 Å². The van der Waals surface area contributed by atoms with Gasteiger partial charge in [0.1, 0.15) is 0 Å². The fraction of sp³-hybridized carbons (Fsp3) is 1.00. The van der Waals surface area contributed by atoms with E-state index in [2.05, 4.69) is 29.8 Å². The van der Waals surface area contributed by atoms with E-state index in [9.17, 15) is 0 Å². The number of halogens is 1. The van der Waals surface area contributed by atoms with Gasteiger partial charge in [-0.1, -0.05) is 29.8 Å². The van der Waals surface area contributed by atoms with Crippen LogP contribution in [0.4, 0.5) is 0 Å². The average Bonchev–Trinajstić information content (AvgIpc) is 2.19. The predicted molar refractivity (Wildman–Crippen MR) is 61.9 cm³/mol. The van der Waals surface area contributed by atoms with E-state index in [0.29, 0.717) is 0 Å². The lowest BCUT2D eigenvalue weighted by Crippen LogP contribution is -2.25. The van der Waals surface area contributed by atoms with E-state index in [-0.39, 0.29) is 5.41 Å². The second-order valence-electron chi connectivity index (χ2n) is 4.87. The third-order valence-corrected chi connectivity index (χ3v) is 4.07. The molecular weight excluding hydrogens is 244 g/mol. The summed E-state index contributed by atoms with van der Waals surface area (Å²) in [4.78, 5) is 0. The Hall–Kier alpha value is 0.400. The van der Waals surface area contributed by atoms with Crippen molar-refractivity contribution < 1.29 is 9.47 Å². The minimum absolute atomic E-state index is 0.255. The van der Waals surface area contributed by atoms with Crippen LogP contribution in [0.1, 0.15) is 26.7 Å². The molecule has 0 saturated carbocycles. The summed E-state index contributed by atoms with van der Waals surface area (Å²) in [5.74, 6) is 0.717. The molecule has 0 spiro atoms. The van der Waals surface area contributed by atoms with E-state index in [0.717, 1.165) is 50.5 Å². The van der Waals surface area contributed by atoms with Crippen molar-refractivity contribution in [1.82, 2.24) is 0 Å². The van der Waals surface area contributed by atoms with Crippen molar-refractivity contribution in [2.45, 2.75) is 26.7 Å². The molecule has 0 bridgehead atoms. The topological polar surface area (TPSA) is 18.5 Å². The van der Waals surface area contributed by atoms with Crippen molar-refractivity contribution in [3.63, 3.8) is 0 Å². The van der Waals surface area contributed by atoms with E-state index in [1.807, 2.05) is 0 Å². The fourth-order valence-electron chi connectivity index (χ4n) is 1.45. The highest BCUT2D eigenvalue weighted by molar-refractivity contribution is 9.09. The van der Waals surface area contributed by atoms with Crippen LogP contribution in [0, 0.1) is 11.3 Å². The van der Waals surface area contributed by atoms with E-state index < -0.39 is 0 Å². The van der Waals surface area contributed by atoms with E-state index in [1.54, 1.807) is 0 Å². The minimum atomic E-state index is 0.255. The third-order valence-electron chi connectivity index (χ3n) is 2.55. The Morgan fingerprint density at radius 3 is 2.57 bits per heavy atom. The van der Waals surface area contributed by atoms with Crippen LogP contribution in [-0.2, 0) is 9.47 Å². The number of alkyl halides is 1. The van der Waals surface area contributed by atoms with Gasteiger partial charge in [0.05, 0.1) is 6.61 Å². The first-order chi connectivity index (χ1) is 6.64. The van der Waals surface area contributed by atoms with Gasteiger partial charge >= 0.3 is 0 Å². The van der Waals surface area contributed by atoms with Crippen LogP contribution in [-0.4, -0.2) is 31.8 Å². The van der Waals surface area contributed by atoms with Crippen LogP contribution in [0.5, 0.6) is 0 Å². The first kappa shape index (κ1) is 12.5. The Morgan fingerprint density at radius 2 is 2.00 bits per heavy atom. The highest BCUT2D eigenvalue weighted by atomic mass is 79.9. The molecule has 0 aromatic carbocycles. The van der Waals surface area contributed by atoms with Crippen LogP contribution < -0.4 is 0 Å². The van der Waals surface area contributed by atoms with Crippen molar-refractivity contribution in [2.24, 2.45) is 11.3 Å². The number of ether oxygens (including phenoxy) is 2. The normalized spacial score (nSPS) is 19.9. The van der Waals surface area contributed by atoms with E-state index in [4.69, 9.17) is 9.47 Å². The highest BCUT2D eigenvalue weighted by Crippen LogP contribution is 2.20. The zero-order valence-electron chi connectivity index (χ0n) is 9.22. The molecule has 1 heterocycles. The van der Waals surface area contributed by atoms with Gasteiger partial charge in [-0.2, -0.15) is 0 Å². The largest absolute Gasteiger partial charge is 0.381 e. The Balaban J connectivity index is 2.08. The molecule has 84 valence electrons. The predicted octanol–water partition coefficient (Wildman–Crippen LogP) is 2.85. The summed E-state index contributed by atoms with van der Waals surface area (Å²) in [6.07, 6.45) is 2.32. The van der Waals surface area contributed by atoms with Crippen LogP contribution >= 0.6 is 15.9 Å². The van der Waals surface area contributed by atoms with Crippen LogP contribution in [0.3, 0.4) is 0 Å². The van der Waals surface area contributed by atoms with E-state index in [1.165, 1.54) is 0 Å². The molecule has 1 aliphatic rings. The molecule has 14 heavy (non-hydrogen) atoms. The standard InChI is InChI=1S/C11H21BrO2/c1-11(2,8-12)9-14-7-10-3-5-13-6-4-10/h10H,3-9H2,1-2H3. The first-order valence-corrected chi connectivity index (χ1v) is 6.48. The zero-order valence-corrected chi connectivity index (χ0v) is 10.8. The SMILES string of the molecule is CC(C)(CBr)COCC1CCOCC1. The summed E-state index contributed by atoms with van der Waals surface area (Å²) >= 11 is 3.50. The van der Waals surface area contributed by atoms with Crippen molar-refractivity contribution in [1.29, 1.82) is 0 Å². The minimum Gasteiger partial charge on any atom is -0.381 e. The highest BCUT2D eigenvalue weighted by Gasteiger charge is 2.18. The third kappa shape index (κ3) is 4.76. The molecule has 1 saturated heterocycles. The van der Waals surface area contributed by atoms with Gasteiger partial charge in [-0.05, 0) is 24.2 Å². The summed E-state index contributed by atoms with van der Waals surface area (Å²) in [6, 6.07) is 0. The number of hydrogen-bond acceptors (Lipinski definition) is 2. The molecule has 1 rings (SSSR count). The summed E-state index contributed by atoms with van der Waals surface area (Å²) in [6.45, 7) is 8.00. The monoisotopic (exact) mass is 264 g/mol. The van der Waals surface area contributed by atoms with Crippen LogP contribution in [0.2, 0.25) is 0 Å². The fourth-order valence-corrected chi connectivity index (χ4v) is 1.62. The van der Waals surface area contributed by atoms with Crippen molar-refractivity contribution in [2.75, 3.05) is 31.8 Å². The molecule has 2 nitrogen and oxygen atoms in total. The molecule has 0 N–H and O–H groups in total. The van der Waals surface area contributed by atoms with Gasteiger partial charge in [0.2, 0.25) is 0 Å². The molecule has 0 radical (unpaired) electrons. The molecule has 0 amide bonds. The second kappa shape index (κ2) is 6.09. The Morgan fingerprint density at radius 1 is 1.36 bits per heavy atom. The summed E-state index contributed by atoms with van der Waals surface area (Å²) in [7, 11) is 0. The Labute approximate surface area is 95.5 Å². The quantitative estimate of drug-likeness (QED) is 0.712. The molecule has 1 aliphatic heterocycles. The Kier molecular flexibility index (Phi) is 5.42. The molecule has 0 aliphatic carbocycles. The maximum Gasteiger partial charge on any atom is 0.0525 e. The van der Waals surface area contributed by atoms with Gasteiger partial charge in [-0.25, -0.2) is 0 Å². The lowest BCUT2D eigenvalue weighted by atomic mass is 9.98. The van der Waals surface area contributed by atoms with Crippen LogP contribution in [0.25, 0.3) is 0 Å². The number of rotatable bonds is 5. The maximum atomic E-state index is 5.74. The van der Waals surface area contributed by atoms with Crippen molar-refractivity contribution in [3.05, 3.63) is 0 Å². The maximum absolute atomic E-state index is 5.74. The molecule has 1 fully saturated rings. The lowest BCUT2D eigenvalue weighted by molar-refractivity contribution is 0.00262. The zero-order chi connectivity index (χ0) is 10.4. The van der Waals surface area contributed by atoms with Gasteiger partial charge in [0.25, 0.3) is 0 Å². The van der Waals surface area contributed by atoms with Gasteiger partial charge in [-0.3, -0.25) is 0 Å². The van der Waals surface area contributed by atoms with Crippen LogP contribution in [0.15, 0.2) is 0 Å². The average molecular weight is 265 g/mol. The molecule has 0 aromatic rings. The lowest BCUT2D eigenvalue weighted by Gasteiger charge is -2.25. The molecule has 3 heteroatoms. The van der Waals surface area contributed by atoms with Gasteiger partial charge < -0.3 is 9.47 Å². The molecular formula is C11H21BrO2. The molecule has 0 unspecified atom stereocenters. The summed E-state index contributed by atoms with van der Waals surface area (Å²) in [5, 5.41) is 0.994. The second-order valence-corrected chi connectivity index (χ2v) is 5.43. The van der Waals surface area contributed by atoms with Crippen molar-refractivity contribution >= 4 is 15.9 Å². The summed E-state index contributed by atoms with van der Waals surface area (Å²) < 4.78 is 11.0.